The van der Waals surface area contributed by atoms with Gasteiger partial charge in [0, 0.05) is 12.7 Å². The minimum atomic E-state index is -0.356. The predicted molar refractivity (Wildman–Crippen MR) is 49.2 cm³/mol. The zero-order valence-corrected chi connectivity index (χ0v) is 7.52. The predicted octanol–water partition coefficient (Wildman–Crippen LogP) is 1.89. The number of nitrogens with one attached hydrogen (secondary N) is 2. The first-order valence-electron chi connectivity index (χ1n) is 3.88. The van der Waals surface area contributed by atoms with Crippen molar-refractivity contribution in [2.45, 2.75) is 6.92 Å². The van der Waals surface area contributed by atoms with Crippen molar-refractivity contribution in [3.63, 3.8) is 0 Å². The summed E-state index contributed by atoms with van der Waals surface area (Å²) in [5, 5.41) is 4.86. The molecule has 0 fully saturated rings. The van der Waals surface area contributed by atoms with Crippen LogP contribution in [0.15, 0.2) is 18.2 Å². The maximum absolute atomic E-state index is 12.8. The first-order chi connectivity index (χ1) is 6.11. The van der Waals surface area contributed by atoms with E-state index in [1.807, 2.05) is 0 Å². The molecule has 70 valence electrons. The van der Waals surface area contributed by atoms with Gasteiger partial charge in [-0.25, -0.2) is 9.18 Å². The fraction of sp³-hybridized carbons (Fsp3) is 0.222. The molecular formula is C9H11FN2O. The average Bonchev–Trinajstić information content (AvgIpc) is 2.02. The molecule has 0 saturated heterocycles. The zero-order valence-electron chi connectivity index (χ0n) is 7.52. The number of anilines is 1. The zero-order chi connectivity index (χ0) is 9.84. The van der Waals surface area contributed by atoms with E-state index in [1.54, 1.807) is 13.0 Å². The topological polar surface area (TPSA) is 41.1 Å². The van der Waals surface area contributed by atoms with E-state index in [0.29, 0.717) is 5.69 Å². The Morgan fingerprint density at radius 1 is 1.38 bits per heavy atom. The number of halogens is 1. The van der Waals surface area contributed by atoms with E-state index < -0.39 is 0 Å². The fourth-order valence-corrected chi connectivity index (χ4v) is 1.00. The Kier molecular flexibility index (Phi) is 2.84. The smallest absolute Gasteiger partial charge is 0.318 e. The van der Waals surface area contributed by atoms with E-state index in [2.05, 4.69) is 10.6 Å². The van der Waals surface area contributed by atoms with Crippen LogP contribution in [0.3, 0.4) is 0 Å². The summed E-state index contributed by atoms with van der Waals surface area (Å²) in [5.74, 6) is -0.355. The molecule has 0 saturated carbocycles. The largest absolute Gasteiger partial charge is 0.341 e. The van der Waals surface area contributed by atoms with Crippen LogP contribution in [0.1, 0.15) is 5.56 Å². The molecule has 4 heteroatoms. The van der Waals surface area contributed by atoms with Gasteiger partial charge < -0.3 is 10.6 Å². The van der Waals surface area contributed by atoms with Gasteiger partial charge in [-0.3, -0.25) is 0 Å². The second-order valence-electron chi connectivity index (χ2n) is 2.72. The molecule has 0 bridgehead atoms. The molecule has 1 aromatic rings. The monoisotopic (exact) mass is 182 g/mol. The van der Waals surface area contributed by atoms with Crippen molar-refractivity contribution in [1.82, 2.24) is 5.32 Å². The SMILES string of the molecule is CNC(=O)Nc1cc(C)cc(F)c1. The normalized spacial score (nSPS) is 9.46. The van der Waals surface area contributed by atoms with Gasteiger partial charge in [0.1, 0.15) is 5.82 Å². The van der Waals surface area contributed by atoms with E-state index in [0.717, 1.165) is 5.56 Å². The van der Waals surface area contributed by atoms with Gasteiger partial charge in [0.05, 0.1) is 0 Å². The van der Waals surface area contributed by atoms with Gasteiger partial charge in [-0.1, -0.05) is 0 Å². The third-order valence-electron chi connectivity index (χ3n) is 1.53. The number of urea groups is 1. The van der Waals surface area contributed by atoms with Crippen LogP contribution in [-0.4, -0.2) is 13.1 Å². The summed E-state index contributed by atoms with van der Waals surface area (Å²) < 4.78 is 12.8. The number of carbonyl (C=O) groups excluding carboxylic acids is 1. The number of rotatable bonds is 1. The number of amides is 2. The summed E-state index contributed by atoms with van der Waals surface area (Å²) in [4.78, 5) is 10.9. The van der Waals surface area contributed by atoms with Crippen LogP contribution in [-0.2, 0) is 0 Å². The first-order valence-corrected chi connectivity index (χ1v) is 3.88. The van der Waals surface area contributed by atoms with Crippen LogP contribution in [0.5, 0.6) is 0 Å². The Balaban J connectivity index is 2.83. The third-order valence-corrected chi connectivity index (χ3v) is 1.53. The molecule has 0 aromatic heterocycles. The summed E-state index contributed by atoms with van der Waals surface area (Å²) >= 11 is 0. The maximum atomic E-state index is 12.8. The molecule has 2 amide bonds. The van der Waals surface area contributed by atoms with Crippen molar-refractivity contribution in [3.8, 4) is 0 Å². The molecule has 0 aliphatic rings. The van der Waals surface area contributed by atoms with Crippen LogP contribution >= 0.6 is 0 Å². The Morgan fingerprint density at radius 3 is 2.62 bits per heavy atom. The number of hydrogen-bond donors (Lipinski definition) is 2. The number of aryl methyl sites for hydroxylation is 1. The van der Waals surface area contributed by atoms with E-state index in [4.69, 9.17) is 0 Å². The average molecular weight is 182 g/mol. The highest BCUT2D eigenvalue weighted by molar-refractivity contribution is 5.89. The molecule has 2 N–H and O–H groups in total. The lowest BCUT2D eigenvalue weighted by atomic mass is 10.2. The molecule has 3 nitrogen and oxygen atoms in total. The molecule has 0 heterocycles. The molecule has 0 atom stereocenters. The Hall–Kier alpha value is -1.58. The minimum Gasteiger partial charge on any atom is -0.341 e. The van der Waals surface area contributed by atoms with Gasteiger partial charge >= 0.3 is 6.03 Å². The Labute approximate surface area is 76.0 Å². The standard InChI is InChI=1S/C9H11FN2O/c1-6-3-7(10)5-8(4-6)12-9(13)11-2/h3-5H,1-2H3,(H2,11,12,13). The van der Waals surface area contributed by atoms with Gasteiger partial charge in [0.15, 0.2) is 0 Å². The minimum absolute atomic E-state index is 0.355. The highest BCUT2D eigenvalue weighted by atomic mass is 19.1. The van der Waals surface area contributed by atoms with Gasteiger partial charge in [0.25, 0.3) is 0 Å². The number of carbonyl (C=O) groups is 1. The van der Waals surface area contributed by atoms with Crippen molar-refractivity contribution in [1.29, 1.82) is 0 Å². The van der Waals surface area contributed by atoms with Gasteiger partial charge in [0.2, 0.25) is 0 Å². The quantitative estimate of drug-likeness (QED) is 0.684. The molecule has 0 radical (unpaired) electrons. The van der Waals surface area contributed by atoms with Crippen LogP contribution < -0.4 is 10.6 Å². The van der Waals surface area contributed by atoms with Crippen LogP contribution in [0.2, 0.25) is 0 Å². The van der Waals surface area contributed by atoms with Crippen LogP contribution in [0.25, 0.3) is 0 Å². The van der Waals surface area contributed by atoms with Crippen LogP contribution in [0, 0.1) is 12.7 Å². The molecule has 0 aliphatic heterocycles. The second kappa shape index (κ2) is 3.89. The molecule has 0 spiro atoms. The third kappa shape index (κ3) is 2.74. The second-order valence-corrected chi connectivity index (χ2v) is 2.72. The molecule has 0 aliphatic carbocycles. The lowest BCUT2D eigenvalue weighted by molar-refractivity contribution is 0.254. The van der Waals surface area contributed by atoms with Crippen LogP contribution in [0.4, 0.5) is 14.9 Å². The molecule has 13 heavy (non-hydrogen) atoms. The lowest BCUT2D eigenvalue weighted by Gasteiger charge is -2.04. The van der Waals surface area contributed by atoms with Crippen molar-refractivity contribution in [2.75, 3.05) is 12.4 Å². The number of hydrogen-bond acceptors (Lipinski definition) is 1. The van der Waals surface area contributed by atoms with Crippen molar-refractivity contribution >= 4 is 11.7 Å². The van der Waals surface area contributed by atoms with E-state index >= 15 is 0 Å². The van der Waals surface area contributed by atoms with Gasteiger partial charge in [-0.2, -0.15) is 0 Å². The molecule has 1 rings (SSSR count). The highest BCUT2D eigenvalue weighted by Gasteiger charge is 2.00. The van der Waals surface area contributed by atoms with E-state index in [1.165, 1.54) is 19.2 Å². The van der Waals surface area contributed by atoms with E-state index in [9.17, 15) is 9.18 Å². The summed E-state index contributed by atoms with van der Waals surface area (Å²) in [7, 11) is 1.50. The van der Waals surface area contributed by atoms with E-state index in [-0.39, 0.29) is 11.8 Å². The van der Waals surface area contributed by atoms with Crippen molar-refractivity contribution in [3.05, 3.63) is 29.6 Å². The Bertz CT molecular complexity index is 305. The highest BCUT2D eigenvalue weighted by Crippen LogP contribution is 2.12. The number of benzene rings is 1. The Morgan fingerprint density at radius 2 is 2.08 bits per heavy atom. The van der Waals surface area contributed by atoms with Crippen molar-refractivity contribution < 1.29 is 9.18 Å². The lowest BCUT2D eigenvalue weighted by Crippen LogP contribution is -2.24. The van der Waals surface area contributed by atoms with Gasteiger partial charge in [-0.05, 0) is 30.7 Å². The van der Waals surface area contributed by atoms with Crippen molar-refractivity contribution in [2.24, 2.45) is 0 Å². The summed E-state index contributed by atoms with van der Waals surface area (Å²) in [6, 6.07) is 4.00. The molecule has 0 unspecified atom stereocenters. The maximum Gasteiger partial charge on any atom is 0.318 e. The summed E-state index contributed by atoms with van der Waals surface area (Å²) in [5.41, 5.74) is 1.23. The first kappa shape index (κ1) is 9.51. The molecule has 1 aromatic carbocycles. The molecular weight excluding hydrogens is 171 g/mol. The summed E-state index contributed by atoms with van der Waals surface area (Å²) in [6.45, 7) is 1.76. The fourth-order valence-electron chi connectivity index (χ4n) is 1.00. The summed E-state index contributed by atoms with van der Waals surface area (Å²) in [6.07, 6.45) is 0. The van der Waals surface area contributed by atoms with Gasteiger partial charge in [-0.15, -0.1) is 0 Å².